The van der Waals surface area contributed by atoms with Gasteiger partial charge in [0, 0.05) is 11.8 Å². The summed E-state index contributed by atoms with van der Waals surface area (Å²) in [6.45, 7) is 12.0. The van der Waals surface area contributed by atoms with Crippen molar-refractivity contribution >= 4 is 31.8 Å². The molecule has 7 heteroatoms. The summed E-state index contributed by atoms with van der Waals surface area (Å²) in [4.78, 5) is 22.7. The van der Waals surface area contributed by atoms with Gasteiger partial charge >= 0.3 is 11.9 Å². The number of carboxylic acid groups (broad SMARTS) is 2. The molecule has 146 valence electrons. The highest BCUT2D eigenvalue weighted by molar-refractivity contribution is 7.99. The number of rotatable bonds is 9. The van der Waals surface area contributed by atoms with Crippen molar-refractivity contribution in [2.75, 3.05) is 12.3 Å². The Kier molecular flexibility index (Phi) is 7.92. The fourth-order valence-corrected chi connectivity index (χ4v) is 5.73. The van der Waals surface area contributed by atoms with Gasteiger partial charge in [-0.05, 0) is 41.0 Å². The predicted molar refractivity (Wildman–Crippen MR) is 111 cm³/mol. The van der Waals surface area contributed by atoms with Gasteiger partial charge in [-0.1, -0.05) is 39.9 Å². The molecular formula is C19H31NO4SSi. The van der Waals surface area contributed by atoms with Crippen LogP contribution >= 0.6 is 11.8 Å². The molecule has 1 atom stereocenters. The van der Waals surface area contributed by atoms with Gasteiger partial charge in [0.1, 0.15) is 0 Å². The first-order chi connectivity index (χ1) is 11.9. The molecule has 1 aromatic rings. The Bertz CT molecular complexity index is 655. The average molecular weight is 398 g/mol. The van der Waals surface area contributed by atoms with Crippen molar-refractivity contribution in [3.05, 3.63) is 34.9 Å². The van der Waals surface area contributed by atoms with Crippen molar-refractivity contribution in [3.8, 4) is 0 Å². The number of thioether (sulfide) groups is 1. The predicted octanol–water partition coefficient (Wildman–Crippen LogP) is 4.71. The van der Waals surface area contributed by atoms with Crippen molar-refractivity contribution in [1.82, 2.24) is 0 Å². The lowest BCUT2D eigenvalue weighted by Gasteiger charge is -2.37. The number of nitrogens with two attached hydrogens (primary N) is 1. The lowest BCUT2D eigenvalue weighted by Crippen LogP contribution is -2.36. The van der Waals surface area contributed by atoms with Gasteiger partial charge in [0.2, 0.25) is 0 Å². The first-order valence-corrected chi connectivity index (χ1v) is 13.1. The van der Waals surface area contributed by atoms with Gasteiger partial charge in [0.05, 0.1) is 19.2 Å². The van der Waals surface area contributed by atoms with Crippen LogP contribution in [-0.4, -0.2) is 42.5 Å². The Morgan fingerprint density at radius 3 is 2.27 bits per heavy atom. The molecule has 0 aliphatic heterocycles. The van der Waals surface area contributed by atoms with E-state index in [4.69, 9.17) is 5.73 Å². The lowest BCUT2D eigenvalue weighted by atomic mass is 10.0. The van der Waals surface area contributed by atoms with Crippen LogP contribution in [0.4, 0.5) is 0 Å². The SMILES string of the molecule is CC(C)(C)[Si](C)(C)CCCSC(CN)c1cc(C(=O)O)ccc1C(=O)O. The summed E-state index contributed by atoms with van der Waals surface area (Å²) in [6.07, 6.45) is 1.05. The summed E-state index contributed by atoms with van der Waals surface area (Å²) >= 11 is 1.62. The van der Waals surface area contributed by atoms with Crippen molar-refractivity contribution in [2.45, 2.75) is 56.6 Å². The van der Waals surface area contributed by atoms with Gasteiger partial charge in [-0.25, -0.2) is 9.59 Å². The Morgan fingerprint density at radius 1 is 1.19 bits per heavy atom. The molecular weight excluding hydrogens is 366 g/mol. The molecule has 1 rings (SSSR count). The van der Waals surface area contributed by atoms with Crippen LogP contribution in [0.15, 0.2) is 18.2 Å². The van der Waals surface area contributed by atoms with Gasteiger partial charge in [0.15, 0.2) is 0 Å². The van der Waals surface area contributed by atoms with Crippen LogP contribution < -0.4 is 5.73 Å². The molecule has 5 nitrogen and oxygen atoms in total. The third-order valence-corrected chi connectivity index (χ3v) is 12.4. The first kappa shape index (κ1) is 22.7. The van der Waals surface area contributed by atoms with Crippen molar-refractivity contribution in [2.24, 2.45) is 5.73 Å². The van der Waals surface area contributed by atoms with Gasteiger partial charge in [-0.2, -0.15) is 11.8 Å². The van der Waals surface area contributed by atoms with Gasteiger partial charge < -0.3 is 15.9 Å². The average Bonchev–Trinajstić information content (AvgIpc) is 2.53. The van der Waals surface area contributed by atoms with Crippen molar-refractivity contribution < 1.29 is 19.8 Å². The van der Waals surface area contributed by atoms with E-state index in [-0.39, 0.29) is 22.9 Å². The highest BCUT2D eigenvalue weighted by Gasteiger charge is 2.34. The summed E-state index contributed by atoms with van der Waals surface area (Å²) in [5.74, 6) is -1.25. The fraction of sp³-hybridized carbons (Fsp3) is 0.579. The van der Waals surface area contributed by atoms with E-state index in [9.17, 15) is 19.8 Å². The van der Waals surface area contributed by atoms with Crippen LogP contribution in [-0.2, 0) is 0 Å². The third kappa shape index (κ3) is 5.86. The molecule has 1 aromatic carbocycles. The molecule has 0 bridgehead atoms. The molecule has 0 aliphatic rings. The standard InChI is InChI=1S/C19H31NO4SSi/c1-19(2,3)26(4,5)10-6-9-25-16(12-20)15-11-13(17(21)22)7-8-14(15)18(23)24/h7-8,11,16H,6,9-10,12,20H2,1-5H3,(H,21,22)(H,23,24). The number of carbonyl (C=O) groups is 2. The molecule has 0 spiro atoms. The maximum Gasteiger partial charge on any atom is 0.336 e. The lowest BCUT2D eigenvalue weighted by molar-refractivity contribution is 0.0680. The maximum atomic E-state index is 11.5. The molecule has 0 aromatic heterocycles. The van der Waals surface area contributed by atoms with E-state index < -0.39 is 20.0 Å². The van der Waals surface area contributed by atoms with E-state index in [2.05, 4.69) is 33.9 Å². The summed E-state index contributed by atoms with van der Waals surface area (Å²) < 4.78 is 0. The molecule has 0 amide bonds. The summed E-state index contributed by atoms with van der Waals surface area (Å²) in [6, 6.07) is 5.33. The van der Waals surface area contributed by atoms with Crippen molar-refractivity contribution in [3.63, 3.8) is 0 Å². The number of aromatic carboxylic acids is 2. The van der Waals surface area contributed by atoms with Gasteiger partial charge in [-0.3, -0.25) is 0 Å². The number of carboxylic acids is 2. The van der Waals surface area contributed by atoms with Crippen LogP contribution in [0.2, 0.25) is 24.2 Å². The third-order valence-electron chi connectivity index (χ3n) is 5.39. The van der Waals surface area contributed by atoms with E-state index >= 15 is 0 Å². The molecule has 0 saturated carbocycles. The summed E-state index contributed by atoms with van der Waals surface area (Å²) in [5, 5.41) is 18.7. The quantitative estimate of drug-likeness (QED) is 0.412. The smallest absolute Gasteiger partial charge is 0.336 e. The van der Waals surface area contributed by atoms with E-state index in [1.165, 1.54) is 24.2 Å². The zero-order valence-corrected chi connectivity index (χ0v) is 18.2. The van der Waals surface area contributed by atoms with E-state index in [0.29, 0.717) is 10.6 Å². The first-order valence-electron chi connectivity index (χ1n) is 8.83. The monoisotopic (exact) mass is 397 g/mol. The Hall–Kier alpha value is -1.31. The van der Waals surface area contributed by atoms with Gasteiger partial charge in [0.25, 0.3) is 0 Å². The van der Waals surface area contributed by atoms with E-state index in [1.54, 1.807) is 11.8 Å². The zero-order chi connectivity index (χ0) is 20.1. The molecule has 0 aliphatic carbocycles. The molecule has 0 fully saturated rings. The minimum Gasteiger partial charge on any atom is -0.478 e. The fourth-order valence-electron chi connectivity index (χ4n) is 2.56. The second-order valence-electron chi connectivity index (χ2n) is 8.24. The number of hydrogen-bond donors (Lipinski definition) is 3. The van der Waals surface area contributed by atoms with Crippen LogP contribution in [0.3, 0.4) is 0 Å². The van der Waals surface area contributed by atoms with Crippen molar-refractivity contribution in [1.29, 1.82) is 0 Å². The van der Waals surface area contributed by atoms with Crippen LogP contribution in [0.25, 0.3) is 0 Å². The largest absolute Gasteiger partial charge is 0.478 e. The highest BCUT2D eigenvalue weighted by atomic mass is 32.2. The molecule has 0 radical (unpaired) electrons. The molecule has 0 saturated heterocycles. The maximum absolute atomic E-state index is 11.5. The van der Waals surface area contributed by atoms with E-state index in [0.717, 1.165) is 12.2 Å². The Labute approximate surface area is 161 Å². The normalized spacial score (nSPS) is 13.5. The van der Waals surface area contributed by atoms with E-state index in [1.807, 2.05) is 0 Å². The topological polar surface area (TPSA) is 101 Å². The summed E-state index contributed by atoms with van der Waals surface area (Å²) in [7, 11) is -1.34. The summed E-state index contributed by atoms with van der Waals surface area (Å²) in [5.41, 5.74) is 6.60. The second kappa shape index (κ2) is 9.06. The minimum absolute atomic E-state index is 0.0883. The number of benzene rings is 1. The minimum atomic E-state index is -1.34. The van der Waals surface area contributed by atoms with Crippen LogP contribution in [0, 0.1) is 0 Å². The van der Waals surface area contributed by atoms with Crippen LogP contribution in [0.5, 0.6) is 0 Å². The number of hydrogen-bond acceptors (Lipinski definition) is 4. The molecule has 26 heavy (non-hydrogen) atoms. The molecule has 0 heterocycles. The Morgan fingerprint density at radius 2 is 1.81 bits per heavy atom. The second-order valence-corrected chi connectivity index (χ2v) is 15.3. The van der Waals surface area contributed by atoms with Crippen LogP contribution in [0.1, 0.15) is 58.7 Å². The highest BCUT2D eigenvalue weighted by Crippen LogP contribution is 2.40. The molecule has 4 N–H and O–H groups in total. The Balaban J connectivity index is 2.87. The van der Waals surface area contributed by atoms with Gasteiger partial charge in [-0.15, -0.1) is 0 Å². The molecule has 1 unspecified atom stereocenters. The zero-order valence-electron chi connectivity index (χ0n) is 16.3.